The highest BCUT2D eigenvalue weighted by molar-refractivity contribution is 5.97. The quantitative estimate of drug-likeness (QED) is 0.895. The largest absolute Gasteiger partial charge is 0.481 e. The van der Waals surface area contributed by atoms with Crippen LogP contribution in [0.3, 0.4) is 0 Å². The van der Waals surface area contributed by atoms with Crippen molar-refractivity contribution < 1.29 is 19.1 Å². The summed E-state index contributed by atoms with van der Waals surface area (Å²) < 4.78 is 5.39. The zero-order chi connectivity index (χ0) is 14.3. The highest BCUT2D eigenvalue weighted by atomic mass is 16.4. The standard InChI is InChI=1S/C14H14N2O4/c1-7-15-11-5-2-8(6-12(11)20-7)16-13(17)9-3-4-10(9)14(18)19/h2,5-6,9-10H,3-4H2,1H3,(H,16,17)(H,18,19). The lowest BCUT2D eigenvalue weighted by Gasteiger charge is -2.31. The summed E-state index contributed by atoms with van der Waals surface area (Å²) in [6.45, 7) is 1.75. The molecule has 2 N–H and O–H groups in total. The fourth-order valence-electron chi connectivity index (χ4n) is 2.46. The van der Waals surface area contributed by atoms with E-state index in [4.69, 9.17) is 9.52 Å². The van der Waals surface area contributed by atoms with Crippen molar-refractivity contribution >= 4 is 28.7 Å². The van der Waals surface area contributed by atoms with E-state index in [0.29, 0.717) is 30.0 Å². The van der Waals surface area contributed by atoms with E-state index in [9.17, 15) is 9.59 Å². The lowest BCUT2D eigenvalue weighted by molar-refractivity contribution is -0.151. The molecule has 104 valence electrons. The number of rotatable bonds is 3. The average molecular weight is 274 g/mol. The summed E-state index contributed by atoms with van der Waals surface area (Å²) in [4.78, 5) is 27.1. The second-order valence-corrected chi connectivity index (χ2v) is 5.03. The smallest absolute Gasteiger partial charge is 0.307 e. The molecule has 6 heteroatoms. The maximum atomic E-state index is 12.0. The van der Waals surface area contributed by atoms with Crippen LogP contribution in [-0.4, -0.2) is 22.0 Å². The molecule has 1 heterocycles. The number of aliphatic carboxylic acids is 1. The van der Waals surface area contributed by atoms with Crippen molar-refractivity contribution in [3.05, 3.63) is 24.1 Å². The van der Waals surface area contributed by atoms with Gasteiger partial charge in [-0.15, -0.1) is 0 Å². The second kappa shape index (κ2) is 4.63. The Morgan fingerprint density at radius 3 is 2.75 bits per heavy atom. The van der Waals surface area contributed by atoms with E-state index >= 15 is 0 Å². The molecule has 1 aromatic carbocycles. The van der Waals surface area contributed by atoms with Gasteiger partial charge in [-0.25, -0.2) is 4.98 Å². The molecule has 1 aromatic heterocycles. The molecule has 1 fully saturated rings. The van der Waals surface area contributed by atoms with Crippen molar-refractivity contribution in [3.8, 4) is 0 Å². The molecule has 0 bridgehead atoms. The Bertz CT molecular complexity index is 692. The Balaban J connectivity index is 1.75. The maximum absolute atomic E-state index is 12.0. The van der Waals surface area contributed by atoms with Crippen LogP contribution in [-0.2, 0) is 9.59 Å². The third kappa shape index (κ3) is 2.13. The minimum absolute atomic E-state index is 0.251. The van der Waals surface area contributed by atoms with Crippen LogP contribution in [0.1, 0.15) is 18.7 Å². The molecule has 0 aliphatic heterocycles. The predicted octanol–water partition coefficient (Wildman–Crippen LogP) is 2.19. The minimum atomic E-state index is -0.905. The third-order valence-corrected chi connectivity index (χ3v) is 3.69. The zero-order valence-electron chi connectivity index (χ0n) is 10.9. The van der Waals surface area contributed by atoms with Gasteiger partial charge in [0.15, 0.2) is 11.5 Å². The predicted molar refractivity (Wildman–Crippen MR) is 71.2 cm³/mol. The zero-order valence-corrected chi connectivity index (χ0v) is 10.9. The number of nitrogens with one attached hydrogen (secondary N) is 1. The molecule has 20 heavy (non-hydrogen) atoms. The number of aromatic nitrogens is 1. The molecule has 0 saturated heterocycles. The first-order valence-electron chi connectivity index (χ1n) is 6.45. The number of carboxylic acid groups (broad SMARTS) is 1. The normalized spacial score (nSPS) is 21.4. The topological polar surface area (TPSA) is 92.4 Å². The molecular formula is C14H14N2O4. The van der Waals surface area contributed by atoms with Gasteiger partial charge in [0.1, 0.15) is 5.52 Å². The average Bonchev–Trinajstić information content (AvgIpc) is 2.65. The summed E-state index contributed by atoms with van der Waals surface area (Å²) in [5, 5.41) is 11.7. The number of oxazole rings is 1. The van der Waals surface area contributed by atoms with Gasteiger partial charge in [-0.05, 0) is 25.0 Å². The number of nitrogens with zero attached hydrogens (tertiary/aromatic N) is 1. The summed E-state index contributed by atoms with van der Waals surface area (Å²) in [7, 11) is 0. The molecule has 1 aliphatic carbocycles. The number of fused-ring (bicyclic) bond motifs is 1. The molecule has 0 radical (unpaired) electrons. The molecule has 3 rings (SSSR count). The van der Waals surface area contributed by atoms with Crippen LogP contribution in [0.25, 0.3) is 11.1 Å². The number of anilines is 1. The van der Waals surface area contributed by atoms with Gasteiger partial charge in [-0.2, -0.15) is 0 Å². The molecule has 6 nitrogen and oxygen atoms in total. The van der Waals surface area contributed by atoms with E-state index in [2.05, 4.69) is 10.3 Å². The highest BCUT2D eigenvalue weighted by Gasteiger charge is 2.41. The van der Waals surface area contributed by atoms with E-state index < -0.39 is 17.8 Å². The Morgan fingerprint density at radius 1 is 1.35 bits per heavy atom. The van der Waals surface area contributed by atoms with Gasteiger partial charge < -0.3 is 14.8 Å². The van der Waals surface area contributed by atoms with Gasteiger partial charge in [-0.1, -0.05) is 0 Å². The van der Waals surface area contributed by atoms with E-state index in [1.165, 1.54) is 0 Å². The van der Waals surface area contributed by atoms with Crippen LogP contribution < -0.4 is 5.32 Å². The summed E-state index contributed by atoms with van der Waals surface area (Å²) in [6, 6.07) is 5.19. The number of benzene rings is 1. The number of carbonyl (C=O) groups excluding carboxylic acids is 1. The first kappa shape index (κ1) is 12.7. The Hall–Kier alpha value is -2.37. The van der Waals surface area contributed by atoms with Crippen molar-refractivity contribution in [2.45, 2.75) is 19.8 Å². The molecule has 2 unspecified atom stereocenters. The fourth-order valence-corrected chi connectivity index (χ4v) is 2.46. The molecular weight excluding hydrogens is 260 g/mol. The lowest BCUT2D eigenvalue weighted by Crippen LogP contribution is -2.41. The number of amides is 1. The number of hydrogen-bond donors (Lipinski definition) is 2. The molecule has 0 spiro atoms. The third-order valence-electron chi connectivity index (χ3n) is 3.69. The lowest BCUT2D eigenvalue weighted by atomic mass is 9.73. The number of aryl methyl sites for hydroxylation is 1. The highest BCUT2D eigenvalue weighted by Crippen LogP contribution is 2.35. The van der Waals surface area contributed by atoms with Crippen molar-refractivity contribution in [2.75, 3.05) is 5.32 Å². The maximum Gasteiger partial charge on any atom is 0.307 e. The van der Waals surface area contributed by atoms with Gasteiger partial charge in [0, 0.05) is 18.7 Å². The van der Waals surface area contributed by atoms with Crippen LogP contribution in [0.4, 0.5) is 5.69 Å². The van der Waals surface area contributed by atoms with Gasteiger partial charge in [0.05, 0.1) is 11.8 Å². The first-order chi connectivity index (χ1) is 9.54. The van der Waals surface area contributed by atoms with Gasteiger partial charge >= 0.3 is 5.97 Å². The fraction of sp³-hybridized carbons (Fsp3) is 0.357. The molecule has 1 aliphatic rings. The Kier molecular flexibility index (Phi) is 2.93. The van der Waals surface area contributed by atoms with Crippen molar-refractivity contribution in [2.24, 2.45) is 11.8 Å². The van der Waals surface area contributed by atoms with E-state index in [1.807, 2.05) is 0 Å². The van der Waals surface area contributed by atoms with Gasteiger partial charge in [0.25, 0.3) is 0 Å². The second-order valence-electron chi connectivity index (χ2n) is 5.03. The van der Waals surface area contributed by atoms with Crippen LogP contribution >= 0.6 is 0 Å². The van der Waals surface area contributed by atoms with Gasteiger partial charge in [0.2, 0.25) is 5.91 Å². The summed E-state index contributed by atoms with van der Waals surface area (Å²) >= 11 is 0. The monoisotopic (exact) mass is 274 g/mol. The van der Waals surface area contributed by atoms with E-state index in [-0.39, 0.29) is 5.91 Å². The van der Waals surface area contributed by atoms with Crippen molar-refractivity contribution in [3.63, 3.8) is 0 Å². The van der Waals surface area contributed by atoms with Crippen LogP contribution in [0.15, 0.2) is 22.6 Å². The Labute approximate surface area is 114 Å². The van der Waals surface area contributed by atoms with Crippen LogP contribution in [0.5, 0.6) is 0 Å². The summed E-state index contributed by atoms with van der Waals surface area (Å²) in [5.74, 6) is -1.60. The molecule has 2 atom stereocenters. The number of carboxylic acids is 1. The summed E-state index contributed by atoms with van der Waals surface area (Å²) in [5.41, 5.74) is 1.92. The van der Waals surface area contributed by atoms with Crippen LogP contribution in [0.2, 0.25) is 0 Å². The number of hydrogen-bond acceptors (Lipinski definition) is 4. The SMILES string of the molecule is Cc1nc2ccc(NC(=O)C3CCC3C(=O)O)cc2o1. The van der Waals surface area contributed by atoms with Gasteiger partial charge in [-0.3, -0.25) is 9.59 Å². The first-order valence-corrected chi connectivity index (χ1v) is 6.45. The molecule has 1 saturated carbocycles. The molecule has 1 amide bonds. The van der Waals surface area contributed by atoms with Crippen LogP contribution in [0, 0.1) is 18.8 Å². The van der Waals surface area contributed by atoms with Crippen molar-refractivity contribution in [1.82, 2.24) is 4.98 Å². The minimum Gasteiger partial charge on any atom is -0.481 e. The van der Waals surface area contributed by atoms with E-state index in [0.717, 1.165) is 5.52 Å². The summed E-state index contributed by atoms with van der Waals surface area (Å²) in [6.07, 6.45) is 1.18. The Morgan fingerprint density at radius 2 is 2.10 bits per heavy atom. The number of carbonyl (C=O) groups is 2. The molecule has 2 aromatic rings. The van der Waals surface area contributed by atoms with Crippen molar-refractivity contribution in [1.29, 1.82) is 0 Å². The van der Waals surface area contributed by atoms with E-state index in [1.54, 1.807) is 25.1 Å².